The van der Waals surface area contributed by atoms with Crippen molar-refractivity contribution in [2.24, 2.45) is 0 Å². The van der Waals surface area contributed by atoms with E-state index in [4.69, 9.17) is 4.74 Å². The Labute approximate surface area is 130 Å². The van der Waals surface area contributed by atoms with Gasteiger partial charge in [0.05, 0.1) is 11.7 Å². The molecular formula is C17H21N3O2. The van der Waals surface area contributed by atoms with E-state index in [-0.39, 0.29) is 12.0 Å². The molecule has 2 aromatic rings. The van der Waals surface area contributed by atoms with Crippen LogP contribution in [0.3, 0.4) is 0 Å². The molecule has 0 saturated carbocycles. The Balaban J connectivity index is 2.06. The Hall–Kier alpha value is -2.40. The van der Waals surface area contributed by atoms with Crippen molar-refractivity contribution in [3.05, 3.63) is 59.8 Å². The maximum absolute atomic E-state index is 12.4. The van der Waals surface area contributed by atoms with Crippen molar-refractivity contribution in [2.45, 2.75) is 6.10 Å². The van der Waals surface area contributed by atoms with Crippen molar-refractivity contribution in [3.8, 4) is 0 Å². The van der Waals surface area contributed by atoms with E-state index < -0.39 is 0 Å². The van der Waals surface area contributed by atoms with Crippen molar-refractivity contribution >= 4 is 11.7 Å². The number of nitrogens with zero attached hydrogens (tertiary/aromatic N) is 2. The number of hydrogen-bond donors (Lipinski definition) is 1. The van der Waals surface area contributed by atoms with Gasteiger partial charge < -0.3 is 15.0 Å². The molecule has 116 valence electrons. The summed E-state index contributed by atoms with van der Waals surface area (Å²) in [5.41, 5.74) is 1.58. The highest BCUT2D eigenvalue weighted by atomic mass is 16.5. The lowest BCUT2D eigenvalue weighted by Crippen LogP contribution is -2.30. The molecule has 0 aliphatic carbocycles. The molecule has 0 aliphatic heterocycles. The Morgan fingerprint density at radius 3 is 2.59 bits per heavy atom. The first-order valence-electron chi connectivity index (χ1n) is 7.11. The fourth-order valence-electron chi connectivity index (χ4n) is 2.22. The Bertz CT molecular complexity index is 614. The van der Waals surface area contributed by atoms with Crippen LogP contribution in [0.4, 0.5) is 5.82 Å². The topological polar surface area (TPSA) is 54.5 Å². The fourth-order valence-corrected chi connectivity index (χ4v) is 2.22. The summed E-state index contributed by atoms with van der Waals surface area (Å²) in [4.78, 5) is 18.4. The number of aromatic nitrogens is 1. The number of carbonyl (C=O) groups excluding carboxylic acids is 1. The number of ether oxygens (including phenoxy) is 1. The first-order valence-corrected chi connectivity index (χ1v) is 7.11. The van der Waals surface area contributed by atoms with Gasteiger partial charge in [-0.3, -0.25) is 4.79 Å². The average molecular weight is 299 g/mol. The molecule has 0 radical (unpaired) electrons. The lowest BCUT2D eigenvalue weighted by molar-refractivity contribution is 0.0828. The second kappa shape index (κ2) is 7.56. The van der Waals surface area contributed by atoms with E-state index in [2.05, 4.69) is 10.3 Å². The molecule has 1 N–H and O–H groups in total. The molecule has 0 aliphatic rings. The zero-order chi connectivity index (χ0) is 15.9. The summed E-state index contributed by atoms with van der Waals surface area (Å²) in [6, 6.07) is 13.3. The molecular weight excluding hydrogens is 278 g/mol. The molecule has 1 atom stereocenters. The van der Waals surface area contributed by atoms with Crippen LogP contribution in [-0.4, -0.2) is 38.6 Å². The van der Waals surface area contributed by atoms with Gasteiger partial charge in [-0.25, -0.2) is 4.98 Å². The van der Waals surface area contributed by atoms with Gasteiger partial charge in [0, 0.05) is 33.9 Å². The molecule has 5 heteroatoms. The average Bonchev–Trinajstić information content (AvgIpc) is 2.56. The van der Waals surface area contributed by atoms with E-state index in [9.17, 15) is 4.79 Å². The van der Waals surface area contributed by atoms with Crippen LogP contribution < -0.4 is 10.2 Å². The summed E-state index contributed by atoms with van der Waals surface area (Å²) in [7, 11) is 5.36. The SMILES string of the molecule is COC(CNC(=O)c1cccnc1N(C)C)c1ccccc1. The lowest BCUT2D eigenvalue weighted by Gasteiger charge is -2.18. The number of amides is 1. The molecule has 0 saturated heterocycles. The van der Waals surface area contributed by atoms with E-state index in [1.165, 1.54) is 0 Å². The van der Waals surface area contributed by atoms with E-state index in [0.717, 1.165) is 5.56 Å². The maximum Gasteiger partial charge on any atom is 0.255 e. The second-order valence-electron chi connectivity index (χ2n) is 5.11. The largest absolute Gasteiger partial charge is 0.375 e. The van der Waals surface area contributed by atoms with Crippen molar-refractivity contribution < 1.29 is 9.53 Å². The predicted octanol–water partition coefficient (Wildman–Crippen LogP) is 2.27. The third kappa shape index (κ3) is 3.83. The first kappa shape index (κ1) is 16.0. The number of hydrogen-bond acceptors (Lipinski definition) is 4. The summed E-state index contributed by atoms with van der Waals surface area (Å²) in [6.45, 7) is 0.404. The molecule has 1 heterocycles. The number of nitrogens with one attached hydrogen (secondary N) is 1. The summed E-state index contributed by atoms with van der Waals surface area (Å²) < 4.78 is 5.46. The van der Waals surface area contributed by atoms with Gasteiger partial charge in [-0.15, -0.1) is 0 Å². The van der Waals surface area contributed by atoms with Crippen molar-refractivity contribution in [2.75, 3.05) is 32.6 Å². The Kier molecular flexibility index (Phi) is 5.49. The zero-order valence-electron chi connectivity index (χ0n) is 13.1. The van der Waals surface area contributed by atoms with Crippen LogP contribution in [0.1, 0.15) is 22.0 Å². The maximum atomic E-state index is 12.4. The van der Waals surface area contributed by atoms with Crippen LogP contribution in [0.25, 0.3) is 0 Å². The first-order chi connectivity index (χ1) is 10.6. The summed E-state index contributed by atoms with van der Waals surface area (Å²) in [6.07, 6.45) is 1.50. The number of benzene rings is 1. The fraction of sp³-hybridized carbons (Fsp3) is 0.294. The zero-order valence-corrected chi connectivity index (χ0v) is 13.1. The van der Waals surface area contributed by atoms with Crippen molar-refractivity contribution in [1.82, 2.24) is 10.3 Å². The molecule has 0 spiro atoms. The van der Waals surface area contributed by atoms with E-state index in [1.54, 1.807) is 25.4 Å². The normalized spacial score (nSPS) is 11.8. The Morgan fingerprint density at radius 2 is 1.95 bits per heavy atom. The summed E-state index contributed by atoms with van der Waals surface area (Å²) >= 11 is 0. The third-order valence-corrected chi connectivity index (χ3v) is 3.36. The van der Waals surface area contributed by atoms with Crippen LogP contribution in [0.2, 0.25) is 0 Å². The third-order valence-electron chi connectivity index (χ3n) is 3.36. The molecule has 5 nitrogen and oxygen atoms in total. The molecule has 1 amide bonds. The van der Waals surface area contributed by atoms with E-state index in [1.807, 2.05) is 49.3 Å². The molecule has 0 fully saturated rings. The van der Waals surface area contributed by atoms with Gasteiger partial charge in [-0.1, -0.05) is 30.3 Å². The quantitative estimate of drug-likeness (QED) is 0.889. The van der Waals surface area contributed by atoms with Gasteiger partial charge in [0.15, 0.2) is 0 Å². The van der Waals surface area contributed by atoms with Gasteiger partial charge in [0.1, 0.15) is 5.82 Å². The van der Waals surface area contributed by atoms with Crippen LogP contribution in [0.15, 0.2) is 48.7 Å². The highest BCUT2D eigenvalue weighted by Crippen LogP contribution is 2.17. The molecule has 1 aromatic carbocycles. The number of pyridine rings is 1. The van der Waals surface area contributed by atoms with Crippen molar-refractivity contribution in [3.63, 3.8) is 0 Å². The summed E-state index contributed by atoms with van der Waals surface area (Å²) in [5.74, 6) is 0.489. The van der Waals surface area contributed by atoms with Crippen LogP contribution in [-0.2, 0) is 4.74 Å². The minimum atomic E-state index is -0.176. The standard InChI is InChI=1S/C17H21N3O2/c1-20(2)16-14(10-7-11-18-16)17(21)19-12-15(22-3)13-8-5-4-6-9-13/h4-11,15H,12H2,1-3H3,(H,19,21). The Morgan fingerprint density at radius 1 is 1.23 bits per heavy atom. The van der Waals surface area contributed by atoms with Gasteiger partial charge in [-0.05, 0) is 17.7 Å². The van der Waals surface area contributed by atoms with E-state index in [0.29, 0.717) is 17.9 Å². The minimum absolute atomic E-state index is 0.158. The molecule has 1 unspecified atom stereocenters. The number of carbonyl (C=O) groups is 1. The van der Waals surface area contributed by atoms with Gasteiger partial charge >= 0.3 is 0 Å². The van der Waals surface area contributed by atoms with Gasteiger partial charge in [0.25, 0.3) is 5.91 Å². The van der Waals surface area contributed by atoms with Gasteiger partial charge in [-0.2, -0.15) is 0 Å². The van der Waals surface area contributed by atoms with Gasteiger partial charge in [0.2, 0.25) is 0 Å². The monoisotopic (exact) mass is 299 g/mol. The number of methoxy groups -OCH3 is 1. The number of rotatable bonds is 6. The molecule has 22 heavy (non-hydrogen) atoms. The van der Waals surface area contributed by atoms with Crippen LogP contribution in [0, 0.1) is 0 Å². The smallest absolute Gasteiger partial charge is 0.255 e. The van der Waals surface area contributed by atoms with Crippen LogP contribution >= 0.6 is 0 Å². The number of anilines is 1. The van der Waals surface area contributed by atoms with Crippen LogP contribution in [0.5, 0.6) is 0 Å². The molecule has 1 aromatic heterocycles. The minimum Gasteiger partial charge on any atom is -0.375 e. The lowest BCUT2D eigenvalue weighted by atomic mass is 10.1. The second-order valence-corrected chi connectivity index (χ2v) is 5.11. The van der Waals surface area contributed by atoms with Crippen molar-refractivity contribution in [1.29, 1.82) is 0 Å². The predicted molar refractivity (Wildman–Crippen MR) is 87.1 cm³/mol. The molecule has 0 bridgehead atoms. The van der Waals surface area contributed by atoms with E-state index >= 15 is 0 Å². The highest BCUT2D eigenvalue weighted by molar-refractivity contribution is 5.98. The molecule has 2 rings (SSSR count). The summed E-state index contributed by atoms with van der Waals surface area (Å²) in [5, 5.41) is 2.91. The highest BCUT2D eigenvalue weighted by Gasteiger charge is 2.16.